The van der Waals surface area contributed by atoms with Gasteiger partial charge in [-0.3, -0.25) is 14.3 Å². The predicted octanol–water partition coefficient (Wildman–Crippen LogP) is 1.38. The van der Waals surface area contributed by atoms with E-state index < -0.39 is 17.6 Å². The summed E-state index contributed by atoms with van der Waals surface area (Å²) >= 11 is 0. The summed E-state index contributed by atoms with van der Waals surface area (Å²) in [6.45, 7) is 8.18. The number of hydrogen-bond donors (Lipinski definition) is 0. The molecule has 10 heteroatoms. The second kappa shape index (κ2) is 8.32. The highest BCUT2D eigenvalue weighted by Crippen LogP contribution is 2.30. The van der Waals surface area contributed by atoms with Crippen molar-refractivity contribution in [3.63, 3.8) is 0 Å². The first-order valence-corrected chi connectivity index (χ1v) is 10.5. The lowest BCUT2D eigenvalue weighted by Crippen LogP contribution is -2.45. The number of aromatic nitrogens is 2. The fourth-order valence-corrected chi connectivity index (χ4v) is 3.83. The number of fused-ring (bicyclic) bond motifs is 3. The van der Waals surface area contributed by atoms with Crippen molar-refractivity contribution in [2.75, 3.05) is 27.7 Å². The van der Waals surface area contributed by atoms with Crippen LogP contribution in [0.15, 0.2) is 4.99 Å². The maximum absolute atomic E-state index is 13.2. The highest BCUT2D eigenvalue weighted by Gasteiger charge is 2.39. The van der Waals surface area contributed by atoms with Gasteiger partial charge in [0.15, 0.2) is 0 Å². The quantitative estimate of drug-likeness (QED) is 0.517. The lowest BCUT2D eigenvalue weighted by molar-refractivity contribution is -0.122. The van der Waals surface area contributed by atoms with E-state index in [0.717, 1.165) is 11.3 Å². The van der Waals surface area contributed by atoms with Crippen molar-refractivity contribution in [1.29, 1.82) is 0 Å². The number of aliphatic imine (C=N–C) groups is 1. The van der Waals surface area contributed by atoms with Gasteiger partial charge in [0.25, 0.3) is 11.8 Å². The molecule has 0 saturated heterocycles. The maximum Gasteiger partial charge on any atom is 0.410 e. The van der Waals surface area contributed by atoms with Crippen LogP contribution in [-0.2, 0) is 29.0 Å². The molecule has 2 aliphatic rings. The van der Waals surface area contributed by atoms with Crippen LogP contribution >= 0.6 is 0 Å². The predicted molar refractivity (Wildman–Crippen MR) is 115 cm³/mol. The summed E-state index contributed by atoms with van der Waals surface area (Å²) in [6, 6.07) is -0.114. The van der Waals surface area contributed by atoms with Crippen LogP contribution in [0.4, 0.5) is 4.79 Å². The van der Waals surface area contributed by atoms with Crippen molar-refractivity contribution in [1.82, 2.24) is 24.5 Å². The Morgan fingerprint density at radius 3 is 2.55 bits per heavy atom. The first kappa shape index (κ1) is 22.8. The molecule has 0 aliphatic carbocycles. The van der Waals surface area contributed by atoms with Gasteiger partial charge in [0, 0.05) is 45.7 Å². The number of ether oxygens (including phenoxy) is 1. The Labute approximate surface area is 182 Å². The standard InChI is InChI=1S/C21H32N6O4/c1-13-8-16-15(11-26(13)20(30)31-21(2,3)4)17-19(29)25(7)9-14(10-27(17)23-16)18(28)22-12-24(5)6/h12-14H,8-11H2,1-7H3/b22-12+. The third-order valence-electron chi connectivity index (χ3n) is 5.31. The minimum atomic E-state index is -0.607. The Morgan fingerprint density at radius 2 is 1.94 bits per heavy atom. The monoisotopic (exact) mass is 432 g/mol. The smallest absolute Gasteiger partial charge is 0.410 e. The van der Waals surface area contributed by atoms with E-state index in [1.54, 1.807) is 35.6 Å². The van der Waals surface area contributed by atoms with Gasteiger partial charge in [0.05, 0.1) is 31.0 Å². The van der Waals surface area contributed by atoms with Gasteiger partial charge in [-0.15, -0.1) is 0 Å². The molecular formula is C21H32N6O4. The molecule has 170 valence electrons. The van der Waals surface area contributed by atoms with E-state index in [1.165, 1.54) is 11.2 Å². The second-order valence-electron chi connectivity index (χ2n) is 9.55. The SMILES string of the molecule is CC1Cc2nn3c(c2CN1C(=O)OC(C)(C)C)C(=O)N(C)CC(C(=O)/N=C/N(C)C)C3. The third-order valence-corrected chi connectivity index (χ3v) is 5.31. The van der Waals surface area contributed by atoms with Gasteiger partial charge in [0.2, 0.25) is 0 Å². The highest BCUT2D eigenvalue weighted by molar-refractivity contribution is 5.95. The molecule has 2 aliphatic heterocycles. The van der Waals surface area contributed by atoms with Crippen LogP contribution in [0.1, 0.15) is 49.4 Å². The topological polar surface area (TPSA) is 100 Å². The van der Waals surface area contributed by atoms with Crippen molar-refractivity contribution in [2.24, 2.45) is 10.9 Å². The number of rotatable bonds is 2. The molecule has 0 saturated carbocycles. The zero-order chi connectivity index (χ0) is 23.1. The lowest BCUT2D eigenvalue weighted by Gasteiger charge is -2.34. The van der Waals surface area contributed by atoms with Crippen LogP contribution in [0.25, 0.3) is 0 Å². The van der Waals surface area contributed by atoms with Gasteiger partial charge in [0.1, 0.15) is 11.3 Å². The van der Waals surface area contributed by atoms with Crippen molar-refractivity contribution in [3.05, 3.63) is 17.0 Å². The Hall–Kier alpha value is -2.91. The summed E-state index contributed by atoms with van der Waals surface area (Å²) in [4.78, 5) is 47.4. The van der Waals surface area contributed by atoms with Crippen LogP contribution in [0.3, 0.4) is 0 Å². The van der Waals surface area contributed by atoms with Gasteiger partial charge >= 0.3 is 6.09 Å². The van der Waals surface area contributed by atoms with E-state index in [1.807, 2.05) is 27.7 Å². The molecule has 0 radical (unpaired) electrons. The van der Waals surface area contributed by atoms with Crippen LogP contribution < -0.4 is 0 Å². The minimum Gasteiger partial charge on any atom is -0.444 e. The summed E-state index contributed by atoms with van der Waals surface area (Å²) in [6.07, 6.45) is 1.57. The maximum atomic E-state index is 13.2. The molecule has 3 amide bonds. The number of carbonyl (C=O) groups excluding carboxylic acids is 3. The Bertz CT molecular complexity index is 914. The van der Waals surface area contributed by atoms with Gasteiger partial charge < -0.3 is 19.4 Å². The summed E-state index contributed by atoms with van der Waals surface area (Å²) in [5.41, 5.74) is 1.34. The van der Waals surface area contributed by atoms with Gasteiger partial charge in [-0.1, -0.05) is 0 Å². The molecule has 3 rings (SSSR count). The number of amides is 3. The lowest BCUT2D eigenvalue weighted by atomic mass is 9.99. The highest BCUT2D eigenvalue weighted by atomic mass is 16.6. The third kappa shape index (κ3) is 4.88. The van der Waals surface area contributed by atoms with E-state index in [0.29, 0.717) is 12.1 Å². The van der Waals surface area contributed by atoms with Gasteiger partial charge in [-0.25, -0.2) is 9.79 Å². The molecule has 2 unspecified atom stereocenters. The summed E-state index contributed by atoms with van der Waals surface area (Å²) in [5, 5.41) is 4.66. The molecule has 1 aromatic heterocycles. The molecule has 31 heavy (non-hydrogen) atoms. The number of hydrogen-bond acceptors (Lipinski definition) is 5. The average Bonchev–Trinajstić information content (AvgIpc) is 2.93. The molecular weight excluding hydrogens is 400 g/mol. The Kier molecular flexibility index (Phi) is 6.11. The molecule has 0 fully saturated rings. The summed E-state index contributed by atoms with van der Waals surface area (Å²) < 4.78 is 7.17. The first-order chi connectivity index (χ1) is 14.4. The fraction of sp³-hybridized carbons (Fsp3) is 0.667. The van der Waals surface area contributed by atoms with Crippen LogP contribution in [0.2, 0.25) is 0 Å². The van der Waals surface area contributed by atoms with Crippen LogP contribution in [0.5, 0.6) is 0 Å². The van der Waals surface area contributed by atoms with Crippen LogP contribution in [0, 0.1) is 5.92 Å². The molecule has 0 N–H and O–H groups in total. The molecule has 10 nitrogen and oxygen atoms in total. The van der Waals surface area contributed by atoms with E-state index >= 15 is 0 Å². The van der Waals surface area contributed by atoms with Crippen molar-refractivity contribution in [2.45, 2.75) is 58.8 Å². The van der Waals surface area contributed by atoms with Gasteiger partial charge in [-0.05, 0) is 27.7 Å². The fourth-order valence-electron chi connectivity index (χ4n) is 3.83. The molecule has 2 atom stereocenters. The van der Waals surface area contributed by atoms with E-state index in [2.05, 4.69) is 10.1 Å². The number of carbonyl (C=O) groups is 3. The molecule has 3 heterocycles. The second-order valence-corrected chi connectivity index (χ2v) is 9.55. The van der Waals surface area contributed by atoms with Gasteiger partial charge in [-0.2, -0.15) is 5.10 Å². The van der Waals surface area contributed by atoms with Crippen molar-refractivity contribution >= 4 is 24.2 Å². The zero-order valence-electron chi connectivity index (χ0n) is 19.4. The summed E-state index contributed by atoms with van der Waals surface area (Å²) in [5.74, 6) is -0.995. The molecule has 0 bridgehead atoms. The van der Waals surface area contributed by atoms with E-state index in [-0.39, 0.29) is 37.5 Å². The number of nitrogens with zero attached hydrogens (tertiary/aromatic N) is 6. The molecule has 0 spiro atoms. The largest absolute Gasteiger partial charge is 0.444 e. The first-order valence-electron chi connectivity index (χ1n) is 10.5. The van der Waals surface area contributed by atoms with Crippen molar-refractivity contribution < 1.29 is 19.1 Å². The van der Waals surface area contributed by atoms with Crippen molar-refractivity contribution in [3.8, 4) is 0 Å². The molecule has 0 aromatic carbocycles. The normalized spacial score (nSPS) is 21.6. The van der Waals surface area contributed by atoms with E-state index in [4.69, 9.17) is 4.74 Å². The Morgan fingerprint density at radius 1 is 1.26 bits per heavy atom. The van der Waals surface area contributed by atoms with Crippen LogP contribution in [-0.4, -0.2) is 88.1 Å². The molecule has 1 aromatic rings. The average molecular weight is 433 g/mol. The minimum absolute atomic E-state index is 0.114. The summed E-state index contributed by atoms with van der Waals surface area (Å²) in [7, 11) is 5.25. The zero-order valence-corrected chi connectivity index (χ0v) is 19.4. The van der Waals surface area contributed by atoms with E-state index in [9.17, 15) is 14.4 Å². The Balaban J connectivity index is 1.92.